The highest BCUT2D eigenvalue weighted by Crippen LogP contribution is 2.28. The summed E-state index contributed by atoms with van der Waals surface area (Å²) in [5, 5.41) is 5.29. The minimum absolute atomic E-state index is 0.0312. The van der Waals surface area contributed by atoms with Gasteiger partial charge in [0.25, 0.3) is 0 Å². The Balaban J connectivity index is 0.00000101. The van der Waals surface area contributed by atoms with E-state index in [0.717, 1.165) is 31.7 Å². The Morgan fingerprint density at radius 2 is 1.60 bits per heavy atom. The van der Waals surface area contributed by atoms with Gasteiger partial charge in [-0.15, -0.1) is 0 Å². The Bertz CT molecular complexity index is 1240. The largest absolute Gasteiger partial charge is 0.343 e. The number of nitrogens with two attached hydrogens (primary N) is 3. The molecule has 14 heteroatoms. The van der Waals surface area contributed by atoms with Gasteiger partial charge in [-0.05, 0) is 43.7 Å². The Morgan fingerprint density at radius 3 is 2.14 bits per heavy atom. The van der Waals surface area contributed by atoms with Crippen molar-refractivity contribution in [3.8, 4) is 0 Å². The van der Waals surface area contributed by atoms with Crippen LogP contribution in [0.15, 0.2) is 53.4 Å². The fourth-order valence-electron chi connectivity index (χ4n) is 3.98. The van der Waals surface area contributed by atoms with Crippen LogP contribution in [0, 0.1) is 0 Å². The summed E-state index contributed by atoms with van der Waals surface area (Å²) < 4.78 is 27.2. The molecule has 240 valence electrons. The maximum Gasteiger partial charge on any atom is 0.246 e. The molecule has 2 amide bonds. The summed E-state index contributed by atoms with van der Waals surface area (Å²) in [6.45, 7) is 7.29. The molecule has 0 aromatic heterocycles. The summed E-state index contributed by atoms with van der Waals surface area (Å²) in [7, 11) is -1.85. The van der Waals surface area contributed by atoms with Crippen LogP contribution in [0.5, 0.6) is 0 Å². The number of benzene rings is 2. The van der Waals surface area contributed by atoms with Gasteiger partial charge in [0.1, 0.15) is 17.2 Å². The Morgan fingerprint density at radius 1 is 1.00 bits per heavy atom. The van der Waals surface area contributed by atoms with Crippen molar-refractivity contribution >= 4 is 45.4 Å². The second kappa shape index (κ2) is 20.1. The minimum atomic E-state index is -3.86. The van der Waals surface area contributed by atoms with Crippen LogP contribution in [0.3, 0.4) is 0 Å². The molecule has 0 heterocycles. The van der Waals surface area contributed by atoms with E-state index in [1.54, 1.807) is 13.8 Å². The highest BCUT2D eigenvalue weighted by atomic mass is 35.5. The van der Waals surface area contributed by atoms with E-state index in [0.29, 0.717) is 12.7 Å². The molecule has 0 bridgehead atoms. The molecule has 0 aliphatic heterocycles. The van der Waals surface area contributed by atoms with Crippen molar-refractivity contribution in [2.45, 2.75) is 50.1 Å². The number of halogens is 1. The quantitative estimate of drug-likeness (QED) is 0.158. The predicted octanol–water partition coefficient (Wildman–Crippen LogP) is 1.18. The zero-order valence-electron chi connectivity index (χ0n) is 25.2. The monoisotopic (exact) mass is 639 g/mol. The van der Waals surface area contributed by atoms with E-state index in [1.807, 2.05) is 37.4 Å². The number of aryl methyl sites for hydroxylation is 1. The summed E-state index contributed by atoms with van der Waals surface area (Å²) >= 11 is 6.17. The molecule has 0 spiro atoms. The van der Waals surface area contributed by atoms with Crippen LogP contribution in [0.25, 0.3) is 0 Å². The molecule has 43 heavy (non-hydrogen) atoms. The van der Waals surface area contributed by atoms with Crippen molar-refractivity contribution in [3.63, 3.8) is 0 Å². The molecule has 0 aliphatic carbocycles. The van der Waals surface area contributed by atoms with Crippen molar-refractivity contribution in [2.75, 3.05) is 51.6 Å². The van der Waals surface area contributed by atoms with E-state index < -0.39 is 33.9 Å². The number of hydrogen-bond donors (Lipinski definition) is 5. The van der Waals surface area contributed by atoms with Crippen LogP contribution in [-0.4, -0.2) is 94.1 Å². The van der Waals surface area contributed by atoms with Gasteiger partial charge >= 0.3 is 0 Å². The number of amides is 2. The maximum absolute atomic E-state index is 13.1. The maximum atomic E-state index is 13.1. The molecule has 2 unspecified atom stereocenters. The molecule has 2 aromatic rings. The number of anilines is 1. The van der Waals surface area contributed by atoms with Gasteiger partial charge in [-0.25, -0.2) is 8.42 Å². The Hall–Kier alpha value is -2.91. The van der Waals surface area contributed by atoms with E-state index >= 15 is 0 Å². The van der Waals surface area contributed by atoms with Gasteiger partial charge < -0.3 is 37.5 Å². The predicted molar refractivity (Wildman–Crippen MR) is 171 cm³/mol. The molecule has 2 atom stereocenters. The summed E-state index contributed by atoms with van der Waals surface area (Å²) in [5.74, 6) is -1.19. The zero-order chi connectivity index (χ0) is 32.4. The number of hydrogen-bond acceptors (Lipinski definition) is 9. The van der Waals surface area contributed by atoms with Crippen LogP contribution in [0.4, 0.5) is 5.69 Å². The van der Waals surface area contributed by atoms with Gasteiger partial charge in [0.05, 0.1) is 11.1 Å². The van der Waals surface area contributed by atoms with Gasteiger partial charge in [-0.3, -0.25) is 9.59 Å². The number of aldehydes is 1. The van der Waals surface area contributed by atoms with Crippen molar-refractivity contribution in [1.29, 1.82) is 0 Å². The number of carbonyl (C=O) groups is 3. The van der Waals surface area contributed by atoms with Crippen molar-refractivity contribution in [2.24, 2.45) is 17.2 Å². The fraction of sp³-hybridized carbons (Fsp3) is 0.483. The lowest BCUT2D eigenvalue weighted by Crippen LogP contribution is -2.50. The third kappa shape index (κ3) is 13.1. The van der Waals surface area contributed by atoms with Gasteiger partial charge in [0.15, 0.2) is 0 Å². The number of nitrogens with zero attached hydrogens (tertiary/aromatic N) is 2. The molecule has 2 aromatic carbocycles. The van der Waals surface area contributed by atoms with Gasteiger partial charge in [0.2, 0.25) is 21.8 Å². The molecular weight excluding hydrogens is 594 g/mol. The lowest BCUT2D eigenvalue weighted by Gasteiger charge is -2.22. The van der Waals surface area contributed by atoms with Gasteiger partial charge in [0, 0.05) is 51.4 Å². The first-order chi connectivity index (χ1) is 20.4. The summed E-state index contributed by atoms with van der Waals surface area (Å²) in [4.78, 5) is 38.2. The highest BCUT2D eigenvalue weighted by molar-refractivity contribution is 7.89. The normalized spacial score (nSPS) is 12.7. The Kier molecular flexibility index (Phi) is 17.8. The van der Waals surface area contributed by atoms with Crippen LogP contribution in [-0.2, 0) is 30.8 Å². The summed E-state index contributed by atoms with van der Waals surface area (Å²) in [6.07, 6.45) is 1.11. The molecule has 0 radical (unpaired) electrons. The number of carbonyl (C=O) groups excluding carboxylic acids is 3. The molecule has 0 saturated heterocycles. The lowest BCUT2D eigenvalue weighted by atomic mass is 10.0. The van der Waals surface area contributed by atoms with E-state index in [9.17, 15) is 22.8 Å². The lowest BCUT2D eigenvalue weighted by molar-refractivity contribution is -0.128. The Labute approximate surface area is 260 Å². The third-order valence-electron chi connectivity index (χ3n) is 6.43. The topological polar surface area (TPSA) is 194 Å². The number of likely N-dealkylation sites (N-methyl/N-ethyl adjacent to an activating group) is 1. The van der Waals surface area contributed by atoms with Crippen LogP contribution in [0.2, 0.25) is 5.02 Å². The average molecular weight is 640 g/mol. The first-order valence-electron chi connectivity index (χ1n) is 14.2. The highest BCUT2D eigenvalue weighted by Gasteiger charge is 2.27. The minimum Gasteiger partial charge on any atom is -0.343 e. The van der Waals surface area contributed by atoms with Crippen molar-refractivity contribution in [3.05, 3.63) is 59.1 Å². The SMILES string of the molecule is CCN(CC)S(=O)(=O)c1cc(NC(=O)C(CCc2ccccc2)NC(=O)C(N)CC=O)ccc1Cl.CN(CCN)CCN. The van der Waals surface area contributed by atoms with Crippen molar-refractivity contribution in [1.82, 2.24) is 14.5 Å². The molecule has 0 fully saturated rings. The zero-order valence-corrected chi connectivity index (χ0v) is 26.7. The van der Waals surface area contributed by atoms with E-state index in [1.165, 1.54) is 22.5 Å². The second-order valence-electron chi connectivity index (χ2n) is 9.70. The molecule has 0 saturated carbocycles. The number of nitrogens with one attached hydrogen (secondary N) is 2. The number of sulfonamides is 1. The number of rotatable bonds is 17. The van der Waals surface area contributed by atoms with Gasteiger partial charge in [-0.2, -0.15) is 4.31 Å². The second-order valence-corrected chi connectivity index (χ2v) is 12.0. The molecule has 12 nitrogen and oxygen atoms in total. The molecule has 0 aliphatic rings. The third-order valence-corrected chi connectivity index (χ3v) is 8.96. The van der Waals surface area contributed by atoms with E-state index in [4.69, 9.17) is 28.8 Å². The standard InChI is InChI=1S/C24H31ClN4O5S.C5H15N3/c1-3-29(4-2)35(33,34)22-16-18(11-12-19(22)25)27-24(32)21(28-23(31)20(26)14-15-30)13-10-17-8-6-5-7-9-17;1-8(4-2-6)5-3-7/h5-9,11-12,15-16,20-21H,3-4,10,13-14,26H2,1-2H3,(H,27,32)(H,28,31);2-7H2,1H3. The van der Waals surface area contributed by atoms with Crippen LogP contribution >= 0.6 is 11.6 Å². The summed E-state index contributed by atoms with van der Waals surface area (Å²) in [6, 6.07) is 11.5. The molecular formula is C29H46ClN7O5S. The van der Waals surface area contributed by atoms with E-state index in [-0.39, 0.29) is 41.5 Å². The molecule has 2 rings (SSSR count). The molecule has 8 N–H and O–H groups in total. The van der Waals surface area contributed by atoms with Crippen molar-refractivity contribution < 1.29 is 22.8 Å². The first-order valence-corrected chi connectivity index (χ1v) is 16.0. The van der Waals surface area contributed by atoms with Crippen LogP contribution < -0.4 is 27.8 Å². The van der Waals surface area contributed by atoms with E-state index in [2.05, 4.69) is 15.5 Å². The summed E-state index contributed by atoms with van der Waals surface area (Å²) in [5.41, 5.74) is 17.4. The van der Waals surface area contributed by atoms with Crippen LogP contribution in [0.1, 0.15) is 32.3 Å². The average Bonchev–Trinajstić information content (AvgIpc) is 2.97. The smallest absolute Gasteiger partial charge is 0.246 e. The first kappa shape index (κ1) is 38.1. The van der Waals surface area contributed by atoms with Gasteiger partial charge in [-0.1, -0.05) is 55.8 Å². The fourth-order valence-corrected chi connectivity index (χ4v) is 5.94.